The van der Waals surface area contributed by atoms with Crippen LogP contribution >= 0.6 is 0 Å². The van der Waals surface area contributed by atoms with Gasteiger partial charge in [-0.3, -0.25) is 4.79 Å². The number of benzene rings is 1. The standard InChI is InChI=1S/C8H7NO/c1-6-2-4-7(5-3-6)8(9)10/h2-5H,1H3. The van der Waals surface area contributed by atoms with E-state index < -0.39 is 5.91 Å². The van der Waals surface area contributed by atoms with Gasteiger partial charge < -0.3 is 0 Å². The molecule has 2 radical (unpaired) electrons. The molecule has 0 aliphatic rings. The first-order valence-corrected chi connectivity index (χ1v) is 3.00. The van der Waals surface area contributed by atoms with Gasteiger partial charge >= 0.3 is 0 Å². The predicted octanol–water partition coefficient (Wildman–Crippen LogP) is 1.20. The van der Waals surface area contributed by atoms with E-state index in [1.807, 2.05) is 6.92 Å². The summed E-state index contributed by atoms with van der Waals surface area (Å²) in [6, 6.07) is 6.75. The van der Waals surface area contributed by atoms with Crippen LogP contribution in [-0.4, -0.2) is 5.91 Å². The van der Waals surface area contributed by atoms with E-state index in [0.717, 1.165) is 5.56 Å². The van der Waals surface area contributed by atoms with Gasteiger partial charge in [0.2, 0.25) is 0 Å². The van der Waals surface area contributed by atoms with Crippen LogP contribution in [0, 0.1) is 6.92 Å². The molecule has 1 aromatic carbocycles. The van der Waals surface area contributed by atoms with Gasteiger partial charge in [0.1, 0.15) is 0 Å². The number of aryl methyl sites for hydroxylation is 1. The average molecular weight is 133 g/mol. The molecule has 1 aromatic rings. The van der Waals surface area contributed by atoms with Crippen LogP contribution in [0.5, 0.6) is 0 Å². The maximum absolute atomic E-state index is 10.3. The smallest absolute Gasteiger partial charge is 0.265 e. The molecule has 0 bridgehead atoms. The highest BCUT2D eigenvalue weighted by Gasteiger charge is 1.98. The lowest BCUT2D eigenvalue weighted by molar-refractivity contribution is 0.0992. The van der Waals surface area contributed by atoms with Crippen molar-refractivity contribution in [2.75, 3.05) is 0 Å². The van der Waals surface area contributed by atoms with Crippen molar-refractivity contribution in [2.45, 2.75) is 6.92 Å². The Labute approximate surface area is 59.7 Å². The molecule has 1 rings (SSSR count). The van der Waals surface area contributed by atoms with E-state index in [2.05, 4.69) is 0 Å². The van der Waals surface area contributed by atoms with Gasteiger partial charge in [0, 0.05) is 5.56 Å². The lowest BCUT2D eigenvalue weighted by Gasteiger charge is -1.92. The van der Waals surface area contributed by atoms with Gasteiger partial charge in [0.05, 0.1) is 0 Å². The molecule has 0 saturated heterocycles. The molecule has 0 saturated carbocycles. The van der Waals surface area contributed by atoms with Gasteiger partial charge in [0.25, 0.3) is 5.91 Å². The quantitative estimate of drug-likeness (QED) is 0.567. The Morgan fingerprint density at radius 1 is 1.30 bits per heavy atom. The Hall–Kier alpha value is -1.31. The highest BCUT2D eigenvalue weighted by molar-refractivity contribution is 5.92. The van der Waals surface area contributed by atoms with E-state index in [9.17, 15) is 4.79 Å². The number of amides is 1. The van der Waals surface area contributed by atoms with Crippen LogP contribution in [0.4, 0.5) is 0 Å². The van der Waals surface area contributed by atoms with Crippen molar-refractivity contribution in [2.24, 2.45) is 0 Å². The summed E-state index contributed by atoms with van der Waals surface area (Å²) in [6.45, 7) is 1.92. The number of nitrogens with zero attached hydrogens (tertiary/aromatic N) is 1. The third-order valence-corrected chi connectivity index (χ3v) is 1.30. The van der Waals surface area contributed by atoms with Crippen LogP contribution in [0.15, 0.2) is 24.3 Å². The molecule has 10 heavy (non-hydrogen) atoms. The fourth-order valence-electron chi connectivity index (χ4n) is 0.696. The van der Waals surface area contributed by atoms with E-state index in [1.54, 1.807) is 24.3 Å². The normalized spacial score (nSPS) is 9.30. The topological polar surface area (TPSA) is 39.4 Å². The highest BCUT2D eigenvalue weighted by Crippen LogP contribution is 2.01. The molecule has 2 nitrogen and oxygen atoms in total. The molecule has 2 heteroatoms. The largest absolute Gasteiger partial charge is 0.295 e. The first-order chi connectivity index (χ1) is 4.70. The Bertz CT molecular complexity index is 238. The SMILES string of the molecule is Cc1ccc(C([N])=O)cc1. The van der Waals surface area contributed by atoms with Crippen molar-refractivity contribution in [3.05, 3.63) is 35.4 Å². The van der Waals surface area contributed by atoms with Crippen molar-refractivity contribution in [3.8, 4) is 0 Å². The van der Waals surface area contributed by atoms with E-state index >= 15 is 0 Å². The zero-order chi connectivity index (χ0) is 7.56. The second-order valence-corrected chi connectivity index (χ2v) is 2.17. The highest BCUT2D eigenvalue weighted by atomic mass is 16.1. The summed E-state index contributed by atoms with van der Waals surface area (Å²) >= 11 is 0. The lowest BCUT2D eigenvalue weighted by atomic mass is 10.1. The van der Waals surface area contributed by atoms with Crippen LogP contribution in [0.25, 0.3) is 0 Å². The minimum absolute atomic E-state index is 0.339. The molecule has 0 fully saturated rings. The summed E-state index contributed by atoms with van der Waals surface area (Å²) in [5, 5.41) is 0. The van der Waals surface area contributed by atoms with E-state index in [-0.39, 0.29) is 0 Å². The minimum Gasteiger partial charge on any atom is -0.265 e. The second-order valence-electron chi connectivity index (χ2n) is 2.17. The maximum atomic E-state index is 10.3. The molecule has 0 heterocycles. The van der Waals surface area contributed by atoms with Crippen LogP contribution in [-0.2, 0) is 0 Å². The number of rotatable bonds is 1. The molecule has 0 spiro atoms. The van der Waals surface area contributed by atoms with E-state index in [4.69, 9.17) is 5.73 Å². The molecular weight excluding hydrogens is 126 g/mol. The number of hydrogen-bond donors (Lipinski definition) is 0. The minimum atomic E-state index is -0.875. The Kier molecular flexibility index (Phi) is 1.71. The summed E-state index contributed by atoms with van der Waals surface area (Å²) in [5.41, 5.74) is 9.89. The summed E-state index contributed by atoms with van der Waals surface area (Å²) in [6.07, 6.45) is 0. The Balaban J connectivity index is 3.00. The van der Waals surface area contributed by atoms with E-state index in [1.165, 1.54) is 0 Å². The monoisotopic (exact) mass is 133 g/mol. The van der Waals surface area contributed by atoms with Crippen molar-refractivity contribution in [1.29, 1.82) is 0 Å². The maximum Gasteiger partial charge on any atom is 0.295 e. The molecule has 0 N–H and O–H groups in total. The van der Waals surface area contributed by atoms with Gasteiger partial charge in [-0.1, -0.05) is 17.7 Å². The van der Waals surface area contributed by atoms with Crippen LogP contribution < -0.4 is 5.73 Å². The predicted molar refractivity (Wildman–Crippen MR) is 37.6 cm³/mol. The molecule has 0 atom stereocenters. The average Bonchev–Trinajstić information content (AvgIpc) is 1.88. The van der Waals surface area contributed by atoms with Gasteiger partial charge in [-0.25, -0.2) is 0 Å². The molecule has 1 amide bonds. The van der Waals surface area contributed by atoms with Crippen molar-refractivity contribution in [3.63, 3.8) is 0 Å². The fourth-order valence-corrected chi connectivity index (χ4v) is 0.696. The third-order valence-electron chi connectivity index (χ3n) is 1.30. The summed E-state index contributed by atoms with van der Waals surface area (Å²) in [4.78, 5) is 10.3. The molecule has 0 aromatic heterocycles. The lowest BCUT2D eigenvalue weighted by Crippen LogP contribution is -1.97. The molecule has 0 aliphatic carbocycles. The van der Waals surface area contributed by atoms with Gasteiger partial charge in [-0.15, -0.1) is 5.73 Å². The van der Waals surface area contributed by atoms with Crippen LogP contribution in [0.2, 0.25) is 0 Å². The number of hydrogen-bond acceptors (Lipinski definition) is 1. The molecule has 0 aliphatic heterocycles. The van der Waals surface area contributed by atoms with Gasteiger partial charge in [-0.2, -0.15) is 0 Å². The first kappa shape index (κ1) is 6.81. The fraction of sp³-hybridized carbons (Fsp3) is 0.125. The van der Waals surface area contributed by atoms with E-state index in [0.29, 0.717) is 5.56 Å². The van der Waals surface area contributed by atoms with Crippen LogP contribution in [0.1, 0.15) is 15.9 Å². The van der Waals surface area contributed by atoms with Gasteiger partial charge in [0.15, 0.2) is 0 Å². The van der Waals surface area contributed by atoms with Crippen molar-refractivity contribution >= 4 is 5.91 Å². The number of carbonyl (C=O) groups is 1. The molecular formula is C8H7NO. The summed E-state index contributed by atoms with van der Waals surface area (Å²) in [7, 11) is 0. The molecule has 0 unspecified atom stereocenters. The number of carbonyl (C=O) groups excluding carboxylic acids is 1. The Morgan fingerprint density at radius 3 is 2.20 bits per heavy atom. The van der Waals surface area contributed by atoms with Crippen molar-refractivity contribution in [1.82, 2.24) is 5.73 Å². The van der Waals surface area contributed by atoms with Crippen molar-refractivity contribution < 1.29 is 4.79 Å². The second kappa shape index (κ2) is 2.52. The first-order valence-electron chi connectivity index (χ1n) is 3.00. The zero-order valence-corrected chi connectivity index (χ0v) is 5.66. The molecule has 50 valence electrons. The summed E-state index contributed by atoms with van der Waals surface area (Å²) in [5.74, 6) is -0.875. The summed E-state index contributed by atoms with van der Waals surface area (Å²) < 4.78 is 0. The van der Waals surface area contributed by atoms with Gasteiger partial charge in [-0.05, 0) is 19.1 Å². The van der Waals surface area contributed by atoms with Crippen LogP contribution in [0.3, 0.4) is 0 Å². The zero-order valence-electron chi connectivity index (χ0n) is 5.66. The Morgan fingerprint density at radius 2 is 1.80 bits per heavy atom. The third kappa shape index (κ3) is 1.35.